The number of hydrogen-bond acceptors (Lipinski definition) is 4. The number of hydrogen-bond donors (Lipinski definition) is 1. The minimum Gasteiger partial charge on any atom is -0.447 e. The number of piperidine rings is 1. The summed E-state index contributed by atoms with van der Waals surface area (Å²) >= 11 is 0. The Labute approximate surface area is 134 Å². The zero-order valence-corrected chi connectivity index (χ0v) is 13.2. The van der Waals surface area contributed by atoms with Gasteiger partial charge in [0.1, 0.15) is 6.61 Å². The molecule has 0 aliphatic carbocycles. The molecule has 3 rings (SSSR count). The summed E-state index contributed by atoms with van der Waals surface area (Å²) < 4.78 is 4.88. The number of nitrogens with zero attached hydrogens (tertiary/aromatic N) is 1. The molecular weight excluding hydrogens is 296 g/mol. The zero-order valence-electron chi connectivity index (χ0n) is 13.2. The Morgan fingerprint density at radius 1 is 1.22 bits per heavy atom. The third-order valence-electron chi connectivity index (χ3n) is 4.90. The molecule has 4 atom stereocenters. The quantitative estimate of drug-likeness (QED) is 0.901. The number of rotatable bonds is 2. The van der Waals surface area contributed by atoms with Crippen LogP contribution in [0.1, 0.15) is 25.5 Å². The van der Waals surface area contributed by atoms with Crippen molar-refractivity contribution >= 4 is 17.9 Å². The van der Waals surface area contributed by atoms with E-state index in [4.69, 9.17) is 4.74 Å². The molecule has 2 fully saturated rings. The monoisotopic (exact) mass is 316 g/mol. The molecule has 0 bridgehead atoms. The molecule has 2 aliphatic heterocycles. The lowest BCUT2D eigenvalue weighted by molar-refractivity contribution is -0.142. The van der Waals surface area contributed by atoms with E-state index in [0.29, 0.717) is 0 Å². The highest BCUT2D eigenvalue weighted by atomic mass is 16.6. The smallest absolute Gasteiger partial charge is 0.416 e. The van der Waals surface area contributed by atoms with Crippen LogP contribution in [0.4, 0.5) is 4.79 Å². The Kier molecular flexibility index (Phi) is 4.07. The first-order valence-electron chi connectivity index (χ1n) is 7.84. The van der Waals surface area contributed by atoms with Crippen LogP contribution in [-0.4, -0.2) is 36.0 Å². The predicted octanol–water partition coefficient (Wildman–Crippen LogP) is 1.72. The molecule has 2 saturated heterocycles. The van der Waals surface area contributed by atoms with E-state index in [-0.39, 0.29) is 36.8 Å². The van der Waals surface area contributed by atoms with Crippen molar-refractivity contribution in [2.45, 2.75) is 19.9 Å². The van der Waals surface area contributed by atoms with Gasteiger partial charge in [-0.2, -0.15) is 0 Å². The number of cyclic esters (lactones) is 1. The second kappa shape index (κ2) is 6.02. The molecule has 0 aromatic heterocycles. The second-order valence-electron chi connectivity index (χ2n) is 6.17. The SMILES string of the molecule is C[C@H]1[C@H](C(=O)N2CCOC2=O)[C@@H](c2ccccc2)NC(=O)[C@H]1C. The molecule has 2 heterocycles. The van der Waals surface area contributed by atoms with Crippen LogP contribution in [0.2, 0.25) is 0 Å². The van der Waals surface area contributed by atoms with Gasteiger partial charge in [-0.05, 0) is 11.5 Å². The molecule has 6 nitrogen and oxygen atoms in total. The Morgan fingerprint density at radius 2 is 1.91 bits per heavy atom. The van der Waals surface area contributed by atoms with E-state index in [0.717, 1.165) is 10.5 Å². The van der Waals surface area contributed by atoms with E-state index >= 15 is 0 Å². The number of nitrogens with one attached hydrogen (secondary N) is 1. The van der Waals surface area contributed by atoms with Crippen LogP contribution >= 0.6 is 0 Å². The second-order valence-corrected chi connectivity index (χ2v) is 6.17. The summed E-state index contributed by atoms with van der Waals surface area (Å²) in [7, 11) is 0. The number of benzene rings is 1. The van der Waals surface area contributed by atoms with Crippen LogP contribution in [0, 0.1) is 17.8 Å². The van der Waals surface area contributed by atoms with Crippen LogP contribution in [-0.2, 0) is 14.3 Å². The summed E-state index contributed by atoms with van der Waals surface area (Å²) in [5.74, 6) is -1.30. The normalized spacial score (nSPS) is 30.8. The molecule has 6 heteroatoms. The summed E-state index contributed by atoms with van der Waals surface area (Å²) in [5.41, 5.74) is 0.866. The van der Waals surface area contributed by atoms with Crippen LogP contribution in [0.3, 0.4) is 0 Å². The van der Waals surface area contributed by atoms with E-state index in [1.54, 1.807) is 0 Å². The molecule has 0 saturated carbocycles. The molecular formula is C17H20N2O4. The average Bonchev–Trinajstić information content (AvgIpc) is 2.98. The van der Waals surface area contributed by atoms with Gasteiger partial charge in [0.2, 0.25) is 11.8 Å². The maximum absolute atomic E-state index is 12.9. The fraction of sp³-hybridized carbons (Fsp3) is 0.471. The van der Waals surface area contributed by atoms with Gasteiger partial charge in [-0.15, -0.1) is 0 Å². The minimum absolute atomic E-state index is 0.0700. The number of imide groups is 1. The highest BCUT2D eigenvalue weighted by Gasteiger charge is 2.47. The van der Waals surface area contributed by atoms with Crippen molar-refractivity contribution in [1.82, 2.24) is 10.2 Å². The summed E-state index contributed by atoms with van der Waals surface area (Å²) in [4.78, 5) is 38.0. The highest BCUT2D eigenvalue weighted by Crippen LogP contribution is 2.38. The lowest BCUT2D eigenvalue weighted by atomic mass is 9.73. The van der Waals surface area contributed by atoms with E-state index in [2.05, 4.69) is 5.32 Å². The van der Waals surface area contributed by atoms with E-state index in [1.165, 1.54) is 0 Å². The van der Waals surface area contributed by atoms with Gasteiger partial charge in [0.15, 0.2) is 0 Å². The molecule has 122 valence electrons. The van der Waals surface area contributed by atoms with Gasteiger partial charge in [-0.1, -0.05) is 44.2 Å². The molecule has 2 aliphatic rings. The van der Waals surface area contributed by atoms with E-state index in [9.17, 15) is 14.4 Å². The van der Waals surface area contributed by atoms with Crippen LogP contribution in [0.25, 0.3) is 0 Å². The van der Waals surface area contributed by atoms with Crippen molar-refractivity contribution in [3.63, 3.8) is 0 Å². The van der Waals surface area contributed by atoms with Crippen molar-refractivity contribution in [3.05, 3.63) is 35.9 Å². The van der Waals surface area contributed by atoms with Crippen molar-refractivity contribution in [2.75, 3.05) is 13.2 Å². The van der Waals surface area contributed by atoms with Crippen molar-refractivity contribution in [3.8, 4) is 0 Å². The van der Waals surface area contributed by atoms with Crippen LogP contribution in [0.5, 0.6) is 0 Å². The van der Waals surface area contributed by atoms with Gasteiger partial charge in [-0.25, -0.2) is 9.69 Å². The number of carbonyl (C=O) groups excluding carboxylic acids is 3. The fourth-order valence-electron chi connectivity index (χ4n) is 3.32. The first-order valence-corrected chi connectivity index (χ1v) is 7.84. The Morgan fingerprint density at radius 3 is 2.52 bits per heavy atom. The molecule has 0 radical (unpaired) electrons. The Balaban J connectivity index is 1.96. The lowest BCUT2D eigenvalue weighted by Gasteiger charge is -2.40. The molecule has 0 spiro atoms. The van der Waals surface area contributed by atoms with Gasteiger partial charge >= 0.3 is 6.09 Å². The Bertz CT molecular complexity index is 631. The van der Waals surface area contributed by atoms with Gasteiger partial charge in [0, 0.05) is 5.92 Å². The molecule has 1 aromatic carbocycles. The predicted molar refractivity (Wildman–Crippen MR) is 82.2 cm³/mol. The lowest BCUT2D eigenvalue weighted by Crippen LogP contribution is -2.54. The van der Waals surface area contributed by atoms with E-state index < -0.39 is 18.1 Å². The first kappa shape index (κ1) is 15.5. The zero-order chi connectivity index (χ0) is 16.6. The Hall–Kier alpha value is -2.37. The molecule has 1 aromatic rings. The average molecular weight is 316 g/mol. The van der Waals surface area contributed by atoms with Crippen LogP contribution in [0.15, 0.2) is 30.3 Å². The summed E-state index contributed by atoms with van der Waals surface area (Å²) in [6, 6.07) is 8.96. The van der Waals surface area contributed by atoms with Gasteiger partial charge in [0.05, 0.1) is 18.5 Å². The largest absolute Gasteiger partial charge is 0.447 e. The van der Waals surface area contributed by atoms with Gasteiger partial charge in [0.25, 0.3) is 0 Å². The molecule has 23 heavy (non-hydrogen) atoms. The van der Waals surface area contributed by atoms with Crippen molar-refractivity contribution in [2.24, 2.45) is 17.8 Å². The molecule has 0 unspecified atom stereocenters. The first-order chi connectivity index (χ1) is 11.0. The van der Waals surface area contributed by atoms with Gasteiger partial charge < -0.3 is 10.1 Å². The van der Waals surface area contributed by atoms with Gasteiger partial charge in [-0.3, -0.25) is 9.59 Å². The third kappa shape index (κ3) is 2.69. The molecule has 3 amide bonds. The highest BCUT2D eigenvalue weighted by molar-refractivity contribution is 5.96. The maximum atomic E-state index is 12.9. The summed E-state index contributed by atoms with van der Waals surface area (Å²) in [6.45, 7) is 4.20. The fourth-order valence-corrected chi connectivity index (χ4v) is 3.32. The number of ether oxygens (including phenoxy) is 1. The summed E-state index contributed by atoms with van der Waals surface area (Å²) in [5, 5.41) is 2.94. The topological polar surface area (TPSA) is 75.7 Å². The minimum atomic E-state index is -0.599. The third-order valence-corrected chi connectivity index (χ3v) is 4.90. The number of carbonyl (C=O) groups is 3. The maximum Gasteiger partial charge on any atom is 0.416 e. The summed E-state index contributed by atoms with van der Waals surface area (Å²) in [6.07, 6.45) is -0.599. The standard InChI is InChI=1S/C17H20N2O4/c1-10-11(2)15(20)18-14(12-6-4-3-5-7-12)13(10)16(21)19-8-9-23-17(19)22/h3-7,10-11,13-14H,8-9H2,1-2H3,(H,18,20)/t10-,11+,13+,14-/m1/s1. The van der Waals surface area contributed by atoms with Crippen molar-refractivity contribution in [1.29, 1.82) is 0 Å². The molecule has 1 N–H and O–H groups in total. The van der Waals surface area contributed by atoms with E-state index in [1.807, 2.05) is 44.2 Å². The number of amides is 3. The van der Waals surface area contributed by atoms with Crippen LogP contribution < -0.4 is 5.32 Å². The van der Waals surface area contributed by atoms with Crippen molar-refractivity contribution < 1.29 is 19.1 Å².